The van der Waals surface area contributed by atoms with E-state index in [1.165, 1.54) is 33.7 Å². The summed E-state index contributed by atoms with van der Waals surface area (Å²) in [6.45, 7) is -0.0581. The molecule has 0 bridgehead atoms. The Morgan fingerprint density at radius 1 is 0.774 bits per heavy atom. The molecular weight excluding hydrogens is 1100 g/mol. The molecule has 3 aliphatic rings. The fourth-order valence-electron chi connectivity index (χ4n) is 11.9. The minimum Gasteiger partial charge on any atom is -0.370 e. The number of piperidine rings is 1. The number of amides is 8. The van der Waals surface area contributed by atoms with Crippen LogP contribution in [-0.2, 0) is 51.6 Å². The van der Waals surface area contributed by atoms with E-state index in [-0.39, 0.29) is 85.8 Å². The first-order valence-electron chi connectivity index (χ1n) is 28.4. The summed E-state index contributed by atoms with van der Waals surface area (Å²) >= 11 is 0. The van der Waals surface area contributed by atoms with Gasteiger partial charge in [-0.05, 0) is 98.4 Å². The van der Waals surface area contributed by atoms with Gasteiger partial charge < -0.3 is 46.3 Å². The van der Waals surface area contributed by atoms with Gasteiger partial charge in [0.1, 0.15) is 29.9 Å². The number of nitrogens with zero attached hydrogens (tertiary/aromatic N) is 4. The number of benzene rings is 4. The van der Waals surface area contributed by atoms with Crippen LogP contribution < -0.4 is 32.7 Å². The predicted octanol–water partition coefficient (Wildman–Crippen LogP) is 4.44. The number of nitrogens with one attached hydrogen (secondary N) is 5. The molecule has 84 heavy (non-hydrogen) atoms. The van der Waals surface area contributed by atoms with Crippen molar-refractivity contribution < 1.29 is 57.5 Å². The maximum absolute atomic E-state index is 15.1. The number of hydrogen-bond donors (Lipinski definition) is 8. The molecule has 1 unspecified atom stereocenters. The number of aromatic amines is 1. The number of nitrogens with two attached hydrogens (primary N) is 1. The third-order valence-corrected chi connectivity index (χ3v) is 17.0. The maximum atomic E-state index is 15.1. The molecule has 6 aromatic rings. The summed E-state index contributed by atoms with van der Waals surface area (Å²) in [5.74, 6) is -4.45. The van der Waals surface area contributed by atoms with Gasteiger partial charge in [-0.25, -0.2) is 4.79 Å². The number of imide groups is 1. The van der Waals surface area contributed by atoms with Crippen molar-refractivity contribution >= 4 is 82.3 Å². The van der Waals surface area contributed by atoms with Crippen molar-refractivity contribution in [3.8, 4) is 0 Å². The zero-order valence-electron chi connectivity index (χ0n) is 46.5. The van der Waals surface area contributed by atoms with Crippen LogP contribution in [0.5, 0.6) is 0 Å². The van der Waals surface area contributed by atoms with E-state index in [1.807, 2.05) is 78.9 Å². The minimum absolute atomic E-state index is 0.0649. The topological polar surface area (TPSA) is 335 Å². The number of aromatic nitrogens is 3. The van der Waals surface area contributed by atoms with Crippen LogP contribution in [0.3, 0.4) is 0 Å². The first-order chi connectivity index (χ1) is 40.3. The Morgan fingerprint density at radius 2 is 1.46 bits per heavy atom. The van der Waals surface area contributed by atoms with Gasteiger partial charge in [-0.15, -0.1) is 0 Å². The number of imidazole rings is 1. The highest BCUT2D eigenvalue weighted by Crippen LogP contribution is 2.40. The molecule has 0 radical (unpaired) electrons. The normalized spacial score (nSPS) is 18.7. The van der Waals surface area contributed by atoms with E-state index in [0.29, 0.717) is 36.7 Å². The first kappa shape index (κ1) is 60.1. The molecule has 0 spiro atoms. The molecule has 3 aliphatic heterocycles. The lowest BCUT2D eigenvalue weighted by molar-refractivity contribution is -0.145. The van der Waals surface area contributed by atoms with E-state index >= 15 is 4.79 Å². The number of fused-ring (bicyclic) bond motifs is 3. The molecule has 2 aromatic heterocycles. The lowest BCUT2D eigenvalue weighted by Crippen LogP contribution is -2.62. The third kappa shape index (κ3) is 13.8. The highest BCUT2D eigenvalue weighted by atomic mass is 31.2. The van der Waals surface area contributed by atoms with Crippen LogP contribution in [0, 0.1) is 0 Å². The van der Waals surface area contributed by atoms with Gasteiger partial charge in [0.15, 0.2) is 0 Å². The highest BCUT2D eigenvalue weighted by molar-refractivity contribution is 7.70. The van der Waals surface area contributed by atoms with Gasteiger partial charge >= 0.3 is 13.3 Å². The molecule has 3 fully saturated rings. The molecule has 9 N–H and O–H groups in total. The number of para-hydroxylation sites is 1. The number of unbranched alkanes of at least 4 members (excludes halogenated alkanes) is 5. The number of H-pyrrole nitrogens is 1. The Bertz CT molecular complexity index is 3570. The smallest absolute Gasteiger partial charge is 0.370 e. The van der Waals surface area contributed by atoms with Crippen molar-refractivity contribution in [1.82, 2.24) is 45.2 Å². The molecule has 5 atom stereocenters. The molecule has 8 amide bonds. The molecule has 0 aliphatic carbocycles. The van der Waals surface area contributed by atoms with Gasteiger partial charge in [0.05, 0.1) is 17.1 Å². The van der Waals surface area contributed by atoms with Crippen LogP contribution in [0.2, 0.25) is 0 Å². The van der Waals surface area contributed by atoms with Crippen molar-refractivity contribution in [2.24, 2.45) is 12.8 Å². The average Bonchev–Trinajstić information content (AvgIpc) is 4.22. The van der Waals surface area contributed by atoms with E-state index in [4.69, 9.17) is 5.73 Å². The molecule has 5 heterocycles. The van der Waals surface area contributed by atoms with Crippen LogP contribution in [-0.4, -0.2) is 124 Å². The van der Waals surface area contributed by atoms with Crippen molar-refractivity contribution in [3.05, 3.63) is 142 Å². The fraction of sp³-hybridized carbons (Fsp3) is 0.400. The van der Waals surface area contributed by atoms with Crippen LogP contribution in [0.15, 0.2) is 108 Å². The highest BCUT2D eigenvalue weighted by Gasteiger charge is 2.46. The number of primary amides is 1. The zero-order chi connectivity index (χ0) is 59.8. The largest absolute Gasteiger partial charge is 0.396 e. The number of rotatable bonds is 23. The number of hydrogen-bond acceptors (Lipinski definition) is 11. The minimum atomic E-state index is -5.13. The van der Waals surface area contributed by atoms with Gasteiger partial charge in [0.25, 0.3) is 11.4 Å². The van der Waals surface area contributed by atoms with Crippen molar-refractivity contribution in [2.45, 2.75) is 133 Å². The third-order valence-electron chi connectivity index (χ3n) is 16.2. The zero-order valence-corrected chi connectivity index (χ0v) is 47.4. The second kappa shape index (κ2) is 26.4. The Morgan fingerprint density at radius 3 is 2.14 bits per heavy atom. The van der Waals surface area contributed by atoms with Crippen LogP contribution >= 0.6 is 7.60 Å². The van der Waals surface area contributed by atoms with E-state index in [9.17, 15) is 57.5 Å². The molecule has 23 nitrogen and oxygen atoms in total. The lowest BCUT2D eigenvalue weighted by atomic mass is 9.98. The number of aryl methyl sites for hydroxylation is 2. The first-order valence-corrected chi connectivity index (χ1v) is 30.0. The maximum Gasteiger partial charge on any atom is 0.396 e. The van der Waals surface area contributed by atoms with Gasteiger partial charge in [-0.1, -0.05) is 98.5 Å². The van der Waals surface area contributed by atoms with Gasteiger partial charge in [0.2, 0.25) is 41.4 Å². The monoisotopic (exact) mass is 1170 g/mol. The number of carbonyl (C=O) groups is 9. The Kier molecular flexibility index (Phi) is 18.9. The van der Waals surface area contributed by atoms with Crippen molar-refractivity contribution in [1.29, 1.82) is 0 Å². The summed E-state index contributed by atoms with van der Waals surface area (Å²) in [6, 6.07) is 23.6. The summed E-state index contributed by atoms with van der Waals surface area (Å²) in [5, 5.41) is 11.3. The van der Waals surface area contributed by atoms with Crippen LogP contribution in [0.1, 0.15) is 140 Å². The van der Waals surface area contributed by atoms with E-state index < -0.39 is 84.8 Å². The molecule has 9 rings (SSSR count). The summed E-state index contributed by atoms with van der Waals surface area (Å²) in [7, 11) is -3.44. The molecular formula is C60H69N10O13P. The van der Waals surface area contributed by atoms with Crippen LogP contribution in [0.25, 0.3) is 21.9 Å². The summed E-state index contributed by atoms with van der Waals surface area (Å²) < 4.78 is 14.8. The molecule has 442 valence electrons. The average molecular weight is 1170 g/mol. The summed E-state index contributed by atoms with van der Waals surface area (Å²) in [4.78, 5) is 160. The molecule has 3 saturated heterocycles. The summed E-state index contributed by atoms with van der Waals surface area (Å²) in [6.07, 6.45) is 6.44. The van der Waals surface area contributed by atoms with Gasteiger partial charge in [-0.2, -0.15) is 0 Å². The van der Waals surface area contributed by atoms with Gasteiger partial charge in [-0.3, -0.25) is 62.2 Å². The lowest BCUT2D eigenvalue weighted by Gasteiger charge is -2.39. The second-order valence-corrected chi connectivity index (χ2v) is 23.4. The van der Waals surface area contributed by atoms with Crippen molar-refractivity contribution in [3.63, 3.8) is 0 Å². The van der Waals surface area contributed by atoms with Crippen LogP contribution in [0.4, 0.5) is 0 Å². The molecule has 0 saturated carbocycles. The molecule has 24 heteroatoms. The van der Waals surface area contributed by atoms with E-state index in [1.54, 1.807) is 16.5 Å². The SMILES string of the molecule is Cn1c(=O)n(C2CCC(=O)NC2=O)c2cccc(CCCCCCCCC(=O)N3CC[C@H]4CC[C@@H](C(=O)N[C@@H](CCC(N)=O)C(=O)NC(c5ccccc5)c5ccccc5)N4C(=O)[C@@H](NC(=O)c4cc5cc(C(=O)P(=O)(O)O)ccc5[nH]4)C3)c21. The van der Waals surface area contributed by atoms with E-state index in [0.717, 1.165) is 54.3 Å². The standard InChI is InChI=1S/C60H69N10O13P/c1-67-53-38(20-14-21-46(53)70(60(67)80)48-28-30-50(72)65-57(48)77)19-8-4-2-3-5-13-22-51(73)68-32-31-41-24-27-47(56(76)63-43(26-29-49(61)71)54(74)66-52(36-15-9-6-10-16-36)37-17-11-7-12-18-37)69(41)58(78)45(35-68)64-55(75)44-34-40-33-39(23-25-42(40)62-44)59(79)84(81,82)83/h6-7,9-12,14-18,20-21,23,25,33-34,41,43,45,47-48,52,62H,2-5,8,13,19,22,24,26-32,35H2,1H3,(H2,61,71)(H,63,76)(H,64,75)(H,66,74)(H,65,72,77)(H2,81,82,83)/t41-,43+,45+,47+,48?/m1/s1. The Balaban J connectivity index is 0.861. The fourth-order valence-corrected chi connectivity index (χ4v) is 12.4. The summed E-state index contributed by atoms with van der Waals surface area (Å²) in [5.41, 5.74) is 7.72. The Labute approximate surface area is 483 Å². The molecule has 4 aromatic carbocycles. The van der Waals surface area contributed by atoms with E-state index in [2.05, 4.69) is 26.3 Å². The predicted molar refractivity (Wildman–Crippen MR) is 309 cm³/mol. The van der Waals surface area contributed by atoms with Gasteiger partial charge in [0, 0.05) is 61.9 Å². The second-order valence-electron chi connectivity index (χ2n) is 21.9. The Hall–Kier alpha value is -8.53. The number of carbonyl (C=O) groups excluding carboxylic acids is 9. The quantitative estimate of drug-likeness (QED) is 0.0250. The van der Waals surface area contributed by atoms with Crippen molar-refractivity contribution in [2.75, 3.05) is 13.1 Å².